The van der Waals surface area contributed by atoms with Crippen LogP contribution in [0.4, 0.5) is 11.4 Å². The second-order valence-electron chi connectivity index (χ2n) is 5.31. The minimum atomic E-state index is -3.54. The van der Waals surface area contributed by atoms with E-state index in [1.165, 1.54) is 0 Å². The average molecular weight is 297 g/mol. The van der Waals surface area contributed by atoms with Gasteiger partial charge in [-0.15, -0.1) is 0 Å². The molecule has 1 unspecified atom stereocenters. The van der Waals surface area contributed by atoms with Crippen LogP contribution in [0.25, 0.3) is 0 Å². The van der Waals surface area contributed by atoms with E-state index in [0.717, 1.165) is 11.4 Å². The summed E-state index contributed by atoms with van der Waals surface area (Å²) in [5.41, 5.74) is 1.83. The Kier molecular flexibility index (Phi) is 4.01. The van der Waals surface area contributed by atoms with Crippen LogP contribution < -0.4 is 14.9 Å². The van der Waals surface area contributed by atoms with Crippen molar-refractivity contribution in [3.8, 4) is 0 Å². The van der Waals surface area contributed by atoms with Crippen LogP contribution in [0.15, 0.2) is 24.3 Å². The standard InChI is InChI=1S/C13H19N3O3S/c1-15(2)11-3-5-12(6-4-11)16-8-10(7-13(16)17)9-20(14,18)19/h3-6,10H,7-9H2,1-2H3,(H2,14,18,19). The molecule has 0 saturated carbocycles. The van der Waals surface area contributed by atoms with Crippen LogP contribution in [0, 0.1) is 5.92 Å². The van der Waals surface area contributed by atoms with Gasteiger partial charge in [-0.1, -0.05) is 0 Å². The van der Waals surface area contributed by atoms with Gasteiger partial charge in [0.15, 0.2) is 0 Å². The van der Waals surface area contributed by atoms with Crippen molar-refractivity contribution in [1.82, 2.24) is 0 Å². The first kappa shape index (κ1) is 14.8. The number of hydrogen-bond donors (Lipinski definition) is 1. The number of sulfonamides is 1. The summed E-state index contributed by atoms with van der Waals surface area (Å²) >= 11 is 0. The highest BCUT2D eigenvalue weighted by Gasteiger charge is 2.32. The summed E-state index contributed by atoms with van der Waals surface area (Å²) in [6.07, 6.45) is 0.228. The smallest absolute Gasteiger partial charge is 0.227 e. The Hall–Kier alpha value is -1.60. The lowest BCUT2D eigenvalue weighted by Crippen LogP contribution is -2.27. The second kappa shape index (κ2) is 5.41. The fourth-order valence-corrected chi connectivity index (χ4v) is 3.28. The number of carbonyl (C=O) groups is 1. The van der Waals surface area contributed by atoms with Crippen LogP contribution in [-0.2, 0) is 14.8 Å². The van der Waals surface area contributed by atoms with Crippen LogP contribution in [-0.4, -0.2) is 40.7 Å². The molecule has 0 aliphatic carbocycles. The molecule has 7 heteroatoms. The van der Waals surface area contributed by atoms with E-state index in [1.54, 1.807) is 4.90 Å². The van der Waals surface area contributed by atoms with Crippen molar-refractivity contribution in [3.05, 3.63) is 24.3 Å². The fraction of sp³-hybridized carbons (Fsp3) is 0.462. The van der Waals surface area contributed by atoms with Crippen molar-refractivity contribution < 1.29 is 13.2 Å². The van der Waals surface area contributed by atoms with Gasteiger partial charge in [0.1, 0.15) is 0 Å². The van der Waals surface area contributed by atoms with E-state index in [1.807, 2.05) is 43.3 Å². The van der Waals surface area contributed by atoms with Gasteiger partial charge >= 0.3 is 0 Å². The maximum atomic E-state index is 12.0. The summed E-state index contributed by atoms with van der Waals surface area (Å²) in [5.74, 6) is -0.437. The van der Waals surface area contributed by atoms with Crippen molar-refractivity contribution in [1.29, 1.82) is 0 Å². The van der Waals surface area contributed by atoms with Gasteiger partial charge in [0, 0.05) is 44.4 Å². The van der Waals surface area contributed by atoms with Crippen molar-refractivity contribution in [2.24, 2.45) is 11.1 Å². The molecule has 110 valence electrons. The Morgan fingerprint density at radius 3 is 2.40 bits per heavy atom. The van der Waals surface area contributed by atoms with Gasteiger partial charge in [-0.2, -0.15) is 0 Å². The SMILES string of the molecule is CN(C)c1ccc(N2CC(CS(N)(=O)=O)CC2=O)cc1. The van der Waals surface area contributed by atoms with Gasteiger partial charge in [-0.3, -0.25) is 4.79 Å². The highest BCUT2D eigenvalue weighted by atomic mass is 32.2. The van der Waals surface area contributed by atoms with Crippen LogP contribution >= 0.6 is 0 Å². The van der Waals surface area contributed by atoms with Gasteiger partial charge in [0.25, 0.3) is 0 Å². The van der Waals surface area contributed by atoms with E-state index in [0.29, 0.717) is 6.54 Å². The lowest BCUT2D eigenvalue weighted by molar-refractivity contribution is -0.117. The maximum Gasteiger partial charge on any atom is 0.227 e. The first-order valence-electron chi connectivity index (χ1n) is 6.34. The number of nitrogens with zero attached hydrogens (tertiary/aromatic N) is 2. The van der Waals surface area contributed by atoms with Gasteiger partial charge in [0.05, 0.1) is 5.75 Å². The third kappa shape index (κ3) is 3.49. The Bertz CT molecular complexity index is 596. The molecule has 2 N–H and O–H groups in total. The van der Waals surface area contributed by atoms with Gasteiger partial charge in [0.2, 0.25) is 15.9 Å². The van der Waals surface area contributed by atoms with E-state index >= 15 is 0 Å². The molecule has 1 aliphatic heterocycles. The fourth-order valence-electron chi connectivity index (χ4n) is 2.40. The molecule has 1 atom stereocenters. The van der Waals surface area contributed by atoms with Gasteiger partial charge in [-0.05, 0) is 24.3 Å². The number of hydrogen-bond acceptors (Lipinski definition) is 4. The predicted octanol–water partition coefficient (Wildman–Crippen LogP) is 0.394. The van der Waals surface area contributed by atoms with E-state index in [-0.39, 0.29) is 24.0 Å². The third-order valence-corrected chi connectivity index (χ3v) is 4.29. The van der Waals surface area contributed by atoms with Gasteiger partial charge < -0.3 is 9.80 Å². The van der Waals surface area contributed by atoms with Crippen molar-refractivity contribution >= 4 is 27.3 Å². The third-order valence-electron chi connectivity index (χ3n) is 3.35. The zero-order valence-corrected chi connectivity index (χ0v) is 12.4. The number of carbonyl (C=O) groups excluding carboxylic acids is 1. The van der Waals surface area contributed by atoms with E-state index < -0.39 is 10.0 Å². The first-order valence-corrected chi connectivity index (χ1v) is 8.06. The quantitative estimate of drug-likeness (QED) is 0.871. The zero-order chi connectivity index (χ0) is 14.9. The number of rotatable bonds is 4. The minimum Gasteiger partial charge on any atom is -0.378 e. The Labute approximate surface area is 119 Å². The molecule has 0 radical (unpaired) electrons. The summed E-state index contributed by atoms with van der Waals surface area (Å²) in [4.78, 5) is 15.6. The maximum absolute atomic E-state index is 12.0. The molecule has 6 nitrogen and oxygen atoms in total. The number of primary sulfonamides is 1. The second-order valence-corrected chi connectivity index (χ2v) is 6.97. The Morgan fingerprint density at radius 2 is 1.90 bits per heavy atom. The normalized spacial score (nSPS) is 19.4. The molecule has 0 aromatic heterocycles. The number of anilines is 2. The van der Waals surface area contributed by atoms with E-state index in [2.05, 4.69) is 0 Å². The van der Waals surface area contributed by atoms with Crippen LogP contribution in [0.1, 0.15) is 6.42 Å². The minimum absolute atomic E-state index is 0.0590. The molecule has 1 amide bonds. The molecule has 1 fully saturated rings. The molecule has 1 aromatic carbocycles. The highest BCUT2D eigenvalue weighted by molar-refractivity contribution is 7.89. The zero-order valence-electron chi connectivity index (χ0n) is 11.6. The van der Waals surface area contributed by atoms with Crippen LogP contribution in [0.5, 0.6) is 0 Å². The molecule has 0 bridgehead atoms. The number of amides is 1. The van der Waals surface area contributed by atoms with E-state index in [9.17, 15) is 13.2 Å². The molecule has 20 heavy (non-hydrogen) atoms. The highest BCUT2D eigenvalue weighted by Crippen LogP contribution is 2.27. The first-order chi connectivity index (χ1) is 9.26. The van der Waals surface area contributed by atoms with Crippen molar-refractivity contribution in [2.75, 3.05) is 36.2 Å². The van der Waals surface area contributed by atoms with Gasteiger partial charge in [-0.25, -0.2) is 13.6 Å². The van der Waals surface area contributed by atoms with Crippen molar-refractivity contribution in [3.63, 3.8) is 0 Å². The average Bonchev–Trinajstić information content (AvgIpc) is 2.67. The molecule has 0 spiro atoms. The Morgan fingerprint density at radius 1 is 1.30 bits per heavy atom. The molecule has 2 rings (SSSR count). The number of benzene rings is 1. The summed E-state index contributed by atoms with van der Waals surface area (Å²) in [7, 11) is 0.345. The van der Waals surface area contributed by atoms with E-state index in [4.69, 9.17) is 5.14 Å². The summed E-state index contributed by atoms with van der Waals surface area (Å²) < 4.78 is 22.2. The number of nitrogens with two attached hydrogens (primary N) is 1. The Balaban J connectivity index is 2.11. The molecule has 1 saturated heterocycles. The summed E-state index contributed by atoms with van der Waals surface area (Å²) in [6, 6.07) is 7.59. The summed E-state index contributed by atoms with van der Waals surface area (Å²) in [5, 5.41) is 5.03. The lowest BCUT2D eigenvalue weighted by Gasteiger charge is -2.18. The largest absolute Gasteiger partial charge is 0.378 e. The lowest BCUT2D eigenvalue weighted by atomic mass is 10.1. The molecule has 1 aliphatic rings. The molecule has 1 aromatic rings. The monoisotopic (exact) mass is 297 g/mol. The molecule has 1 heterocycles. The van der Waals surface area contributed by atoms with Crippen LogP contribution in [0.3, 0.4) is 0 Å². The topological polar surface area (TPSA) is 83.7 Å². The molecular formula is C13H19N3O3S. The molecular weight excluding hydrogens is 278 g/mol. The van der Waals surface area contributed by atoms with Crippen molar-refractivity contribution in [2.45, 2.75) is 6.42 Å². The predicted molar refractivity (Wildman–Crippen MR) is 79.2 cm³/mol. The summed E-state index contributed by atoms with van der Waals surface area (Å²) in [6.45, 7) is 0.399. The van der Waals surface area contributed by atoms with Crippen LogP contribution in [0.2, 0.25) is 0 Å².